The molecule has 112 valence electrons. The van der Waals surface area contributed by atoms with Crippen molar-refractivity contribution in [2.75, 3.05) is 4.90 Å². The minimum absolute atomic E-state index is 0.221. The highest BCUT2D eigenvalue weighted by atomic mass is 32.1. The van der Waals surface area contributed by atoms with Crippen molar-refractivity contribution in [3.8, 4) is 0 Å². The van der Waals surface area contributed by atoms with E-state index in [0.717, 1.165) is 9.78 Å². The van der Waals surface area contributed by atoms with E-state index in [2.05, 4.69) is 5.32 Å². The molecule has 0 atom stereocenters. The van der Waals surface area contributed by atoms with E-state index in [1.807, 2.05) is 17.5 Å². The van der Waals surface area contributed by atoms with Crippen LogP contribution in [0.5, 0.6) is 0 Å². The molecule has 2 heterocycles. The molecule has 22 heavy (non-hydrogen) atoms. The van der Waals surface area contributed by atoms with E-state index in [-0.39, 0.29) is 30.6 Å². The molecule has 1 aliphatic heterocycles. The van der Waals surface area contributed by atoms with Crippen LogP contribution in [-0.4, -0.2) is 17.7 Å². The molecule has 0 spiro atoms. The Morgan fingerprint density at radius 3 is 2.59 bits per heavy atom. The van der Waals surface area contributed by atoms with Gasteiger partial charge in [0, 0.05) is 23.3 Å². The Hall–Kier alpha value is -2.47. The van der Waals surface area contributed by atoms with E-state index in [9.17, 15) is 14.4 Å². The first-order valence-electron chi connectivity index (χ1n) is 6.91. The van der Waals surface area contributed by atoms with Crippen LogP contribution in [0.2, 0.25) is 0 Å². The highest BCUT2D eigenvalue weighted by Gasteiger charge is 2.30. The molecule has 0 radical (unpaired) electrons. The molecule has 0 aliphatic carbocycles. The average molecular weight is 314 g/mol. The third-order valence-corrected chi connectivity index (χ3v) is 4.30. The first kappa shape index (κ1) is 14.5. The van der Waals surface area contributed by atoms with E-state index >= 15 is 0 Å². The Labute approximate surface area is 131 Å². The second-order valence-corrected chi connectivity index (χ2v) is 5.97. The highest BCUT2D eigenvalue weighted by Crippen LogP contribution is 2.23. The second kappa shape index (κ2) is 6.11. The molecule has 1 N–H and O–H groups in total. The summed E-state index contributed by atoms with van der Waals surface area (Å²) in [5, 5.41) is 4.78. The number of rotatable bonds is 4. The topological polar surface area (TPSA) is 66.5 Å². The van der Waals surface area contributed by atoms with Gasteiger partial charge in [0.15, 0.2) is 0 Å². The van der Waals surface area contributed by atoms with E-state index in [1.54, 1.807) is 35.6 Å². The van der Waals surface area contributed by atoms with Gasteiger partial charge in [-0.1, -0.05) is 12.1 Å². The maximum atomic E-state index is 12.2. The summed E-state index contributed by atoms with van der Waals surface area (Å²) in [5.74, 6) is -0.670. The Kier molecular flexibility index (Phi) is 4.02. The van der Waals surface area contributed by atoms with Gasteiger partial charge < -0.3 is 5.32 Å². The van der Waals surface area contributed by atoms with Crippen LogP contribution in [0.3, 0.4) is 0 Å². The number of carbonyl (C=O) groups excluding carboxylic acids is 3. The number of hydrogen-bond acceptors (Lipinski definition) is 4. The van der Waals surface area contributed by atoms with Crippen LogP contribution >= 0.6 is 11.3 Å². The summed E-state index contributed by atoms with van der Waals surface area (Å²) < 4.78 is 0. The smallest absolute Gasteiger partial charge is 0.251 e. The molecule has 3 rings (SSSR count). The van der Waals surface area contributed by atoms with Crippen molar-refractivity contribution in [1.29, 1.82) is 0 Å². The van der Waals surface area contributed by atoms with Crippen molar-refractivity contribution >= 4 is 34.7 Å². The zero-order chi connectivity index (χ0) is 15.5. The highest BCUT2D eigenvalue weighted by molar-refractivity contribution is 7.09. The lowest BCUT2D eigenvalue weighted by molar-refractivity contribution is -0.121. The summed E-state index contributed by atoms with van der Waals surface area (Å²) >= 11 is 1.57. The molecular formula is C16H14N2O3S. The number of nitrogens with one attached hydrogen (secondary N) is 1. The summed E-state index contributed by atoms with van der Waals surface area (Å²) in [5.41, 5.74) is 0.887. The number of amides is 3. The minimum atomic E-state index is -0.227. The number of nitrogens with zero attached hydrogens (tertiary/aromatic N) is 1. The fourth-order valence-corrected chi connectivity index (χ4v) is 2.98. The third kappa shape index (κ3) is 2.92. The van der Waals surface area contributed by atoms with Gasteiger partial charge in [-0.3, -0.25) is 19.3 Å². The summed E-state index contributed by atoms with van der Waals surface area (Å²) in [4.78, 5) is 37.9. The molecule has 1 aliphatic rings. The molecular weight excluding hydrogens is 300 g/mol. The lowest BCUT2D eigenvalue weighted by Gasteiger charge is -2.14. The summed E-state index contributed by atoms with van der Waals surface area (Å²) in [6.45, 7) is 0.461. The lowest BCUT2D eigenvalue weighted by atomic mass is 10.1. The summed E-state index contributed by atoms with van der Waals surface area (Å²) in [7, 11) is 0. The Morgan fingerprint density at radius 1 is 1.14 bits per heavy atom. The van der Waals surface area contributed by atoms with Gasteiger partial charge in [-0.25, -0.2) is 0 Å². The van der Waals surface area contributed by atoms with Gasteiger partial charge in [0.2, 0.25) is 11.8 Å². The number of benzene rings is 1. The molecule has 3 amide bonds. The van der Waals surface area contributed by atoms with Crippen LogP contribution in [0, 0.1) is 0 Å². The molecule has 1 fully saturated rings. The number of thiophene rings is 1. The molecule has 0 saturated carbocycles. The molecule has 2 aromatic rings. The summed E-state index contributed by atoms with van der Waals surface area (Å²) in [6.07, 6.45) is 0.460. The van der Waals surface area contributed by atoms with Crippen LogP contribution < -0.4 is 10.2 Å². The van der Waals surface area contributed by atoms with Gasteiger partial charge in [0.05, 0.1) is 12.2 Å². The van der Waals surface area contributed by atoms with Crippen LogP contribution in [-0.2, 0) is 16.1 Å². The molecule has 1 aromatic heterocycles. The van der Waals surface area contributed by atoms with Crippen molar-refractivity contribution in [2.24, 2.45) is 0 Å². The van der Waals surface area contributed by atoms with Crippen LogP contribution in [0.25, 0.3) is 0 Å². The van der Waals surface area contributed by atoms with Gasteiger partial charge in [-0.05, 0) is 29.6 Å². The molecule has 1 saturated heterocycles. The van der Waals surface area contributed by atoms with Crippen LogP contribution in [0.1, 0.15) is 28.1 Å². The largest absolute Gasteiger partial charge is 0.347 e. The fraction of sp³-hybridized carbons (Fsp3) is 0.188. The quantitative estimate of drug-likeness (QED) is 0.881. The third-order valence-electron chi connectivity index (χ3n) is 3.42. The maximum Gasteiger partial charge on any atom is 0.251 e. The van der Waals surface area contributed by atoms with Gasteiger partial charge in [0.25, 0.3) is 5.91 Å². The normalized spacial score (nSPS) is 14.5. The van der Waals surface area contributed by atoms with Gasteiger partial charge in [-0.15, -0.1) is 11.3 Å². The standard InChI is InChI=1S/C16H14N2O3S/c19-14-6-7-15(20)18(14)12-4-1-3-11(9-12)16(21)17-10-13-5-2-8-22-13/h1-5,8-9H,6-7,10H2,(H,17,21). The van der Waals surface area contributed by atoms with Crippen LogP contribution in [0.4, 0.5) is 5.69 Å². The number of carbonyl (C=O) groups is 3. The van der Waals surface area contributed by atoms with Gasteiger partial charge in [-0.2, -0.15) is 0 Å². The van der Waals surface area contributed by atoms with Crippen molar-refractivity contribution in [2.45, 2.75) is 19.4 Å². The van der Waals surface area contributed by atoms with Gasteiger partial charge in [0.1, 0.15) is 0 Å². The average Bonchev–Trinajstić information content (AvgIpc) is 3.15. The fourth-order valence-electron chi connectivity index (χ4n) is 2.33. The van der Waals surface area contributed by atoms with Crippen LogP contribution in [0.15, 0.2) is 41.8 Å². The zero-order valence-corrected chi connectivity index (χ0v) is 12.6. The van der Waals surface area contributed by atoms with E-state index in [1.165, 1.54) is 0 Å². The van der Waals surface area contributed by atoms with Gasteiger partial charge >= 0.3 is 0 Å². The maximum absolute atomic E-state index is 12.2. The van der Waals surface area contributed by atoms with Crippen molar-refractivity contribution in [1.82, 2.24) is 5.32 Å². The number of hydrogen-bond donors (Lipinski definition) is 1. The molecule has 0 bridgehead atoms. The minimum Gasteiger partial charge on any atom is -0.347 e. The first-order chi connectivity index (χ1) is 10.6. The Balaban J connectivity index is 1.74. The number of imide groups is 1. The van der Waals surface area contributed by atoms with E-state index in [0.29, 0.717) is 17.8 Å². The predicted molar refractivity (Wildman–Crippen MR) is 83.7 cm³/mol. The molecule has 6 heteroatoms. The molecule has 1 aromatic carbocycles. The Morgan fingerprint density at radius 2 is 1.91 bits per heavy atom. The zero-order valence-electron chi connectivity index (χ0n) is 11.7. The van der Waals surface area contributed by atoms with Crippen molar-refractivity contribution in [3.63, 3.8) is 0 Å². The predicted octanol–water partition coefficient (Wildman–Crippen LogP) is 2.33. The first-order valence-corrected chi connectivity index (χ1v) is 7.79. The van der Waals surface area contributed by atoms with Crippen molar-refractivity contribution in [3.05, 3.63) is 52.2 Å². The number of anilines is 1. The second-order valence-electron chi connectivity index (χ2n) is 4.94. The monoisotopic (exact) mass is 314 g/mol. The van der Waals surface area contributed by atoms with E-state index < -0.39 is 0 Å². The van der Waals surface area contributed by atoms with E-state index in [4.69, 9.17) is 0 Å². The summed E-state index contributed by atoms with van der Waals surface area (Å²) in [6, 6.07) is 10.5. The van der Waals surface area contributed by atoms with Crippen molar-refractivity contribution < 1.29 is 14.4 Å². The molecule has 0 unspecified atom stereocenters. The lowest BCUT2D eigenvalue weighted by Crippen LogP contribution is -2.29. The SMILES string of the molecule is O=C(NCc1cccs1)c1cccc(N2C(=O)CCC2=O)c1. The molecule has 5 nitrogen and oxygen atoms in total. The Bertz CT molecular complexity index is 709.